The van der Waals surface area contributed by atoms with Crippen LogP contribution in [0.2, 0.25) is 0 Å². The van der Waals surface area contributed by atoms with Gasteiger partial charge in [0.15, 0.2) is 0 Å². The number of rotatable bonds is 5. The van der Waals surface area contributed by atoms with E-state index in [4.69, 9.17) is 14.5 Å². The smallest absolute Gasteiger partial charge is 0.352 e. The summed E-state index contributed by atoms with van der Waals surface area (Å²) in [7, 11) is 1.39. The molecule has 0 spiro atoms. The SMILES string of the molecule is CCC[C@]1(C(=O)OC)OC(c2ccccc2)=N[C@H]1c1ccccc1. The van der Waals surface area contributed by atoms with Crippen LogP contribution in [0.3, 0.4) is 0 Å². The van der Waals surface area contributed by atoms with Crippen molar-refractivity contribution in [2.75, 3.05) is 7.11 Å². The number of hydrogen-bond acceptors (Lipinski definition) is 4. The summed E-state index contributed by atoms with van der Waals surface area (Å²) in [6, 6.07) is 19.0. The van der Waals surface area contributed by atoms with Crippen LogP contribution in [0.4, 0.5) is 0 Å². The second-order valence-corrected chi connectivity index (χ2v) is 5.85. The van der Waals surface area contributed by atoms with Gasteiger partial charge in [-0.15, -0.1) is 0 Å². The standard InChI is InChI=1S/C20H21NO3/c1-3-14-20(19(22)23-2)17(15-10-6-4-7-11-15)21-18(24-20)16-12-8-5-9-13-16/h4-13,17H,3,14H2,1-2H3/t17-,20-/m0/s1. The molecule has 0 saturated carbocycles. The van der Waals surface area contributed by atoms with Crippen molar-refractivity contribution in [1.82, 2.24) is 0 Å². The van der Waals surface area contributed by atoms with E-state index >= 15 is 0 Å². The van der Waals surface area contributed by atoms with Crippen molar-refractivity contribution in [1.29, 1.82) is 0 Å². The van der Waals surface area contributed by atoms with E-state index < -0.39 is 11.6 Å². The summed E-state index contributed by atoms with van der Waals surface area (Å²) in [5.41, 5.74) is 0.693. The van der Waals surface area contributed by atoms with Crippen molar-refractivity contribution in [2.24, 2.45) is 4.99 Å². The van der Waals surface area contributed by atoms with Gasteiger partial charge in [0.05, 0.1) is 7.11 Å². The molecular formula is C20H21NO3. The lowest BCUT2D eigenvalue weighted by Crippen LogP contribution is -2.45. The van der Waals surface area contributed by atoms with E-state index in [1.165, 1.54) is 7.11 Å². The predicted octanol–water partition coefficient (Wildman–Crippen LogP) is 3.92. The van der Waals surface area contributed by atoms with E-state index in [-0.39, 0.29) is 5.97 Å². The summed E-state index contributed by atoms with van der Waals surface area (Å²) in [5, 5.41) is 0. The second kappa shape index (κ2) is 6.87. The average Bonchev–Trinajstić information content (AvgIpc) is 3.03. The highest BCUT2D eigenvalue weighted by molar-refractivity contribution is 5.99. The Balaban J connectivity index is 2.09. The number of benzene rings is 2. The largest absolute Gasteiger partial charge is 0.466 e. The first kappa shape index (κ1) is 16.2. The fraction of sp³-hybridized carbons (Fsp3) is 0.300. The zero-order valence-electron chi connectivity index (χ0n) is 13.9. The highest BCUT2D eigenvalue weighted by Crippen LogP contribution is 2.43. The Morgan fingerprint density at radius 1 is 1.12 bits per heavy atom. The van der Waals surface area contributed by atoms with Crippen LogP contribution in [-0.2, 0) is 14.3 Å². The van der Waals surface area contributed by atoms with Crippen LogP contribution in [0.15, 0.2) is 65.7 Å². The summed E-state index contributed by atoms with van der Waals surface area (Å²) in [6.45, 7) is 2.02. The van der Waals surface area contributed by atoms with Gasteiger partial charge in [0, 0.05) is 12.0 Å². The van der Waals surface area contributed by atoms with E-state index in [1.807, 2.05) is 67.6 Å². The molecule has 0 fully saturated rings. The predicted molar refractivity (Wildman–Crippen MR) is 92.9 cm³/mol. The van der Waals surface area contributed by atoms with E-state index in [0.717, 1.165) is 17.5 Å². The van der Waals surface area contributed by atoms with Crippen molar-refractivity contribution < 1.29 is 14.3 Å². The second-order valence-electron chi connectivity index (χ2n) is 5.85. The maximum Gasteiger partial charge on any atom is 0.352 e. The summed E-state index contributed by atoms with van der Waals surface area (Å²) in [4.78, 5) is 17.4. The molecule has 1 aliphatic heterocycles. The molecule has 0 N–H and O–H groups in total. The van der Waals surface area contributed by atoms with Gasteiger partial charge < -0.3 is 9.47 Å². The topological polar surface area (TPSA) is 47.9 Å². The summed E-state index contributed by atoms with van der Waals surface area (Å²) in [5.74, 6) is 0.108. The van der Waals surface area contributed by atoms with E-state index in [9.17, 15) is 4.79 Å². The molecule has 2 aromatic carbocycles. The Kier molecular flexibility index (Phi) is 4.65. The van der Waals surface area contributed by atoms with Gasteiger partial charge >= 0.3 is 5.97 Å². The number of nitrogens with zero attached hydrogens (tertiary/aromatic N) is 1. The number of carbonyl (C=O) groups excluding carboxylic acids is 1. The Morgan fingerprint density at radius 3 is 2.33 bits per heavy atom. The molecule has 0 saturated heterocycles. The number of carbonyl (C=O) groups is 1. The van der Waals surface area contributed by atoms with E-state index in [0.29, 0.717) is 12.3 Å². The summed E-state index contributed by atoms with van der Waals surface area (Å²) >= 11 is 0. The zero-order chi connectivity index (χ0) is 17.0. The number of ether oxygens (including phenoxy) is 2. The number of esters is 1. The van der Waals surface area contributed by atoms with Crippen LogP contribution in [0, 0.1) is 0 Å². The van der Waals surface area contributed by atoms with Crippen LogP contribution in [0.1, 0.15) is 36.9 Å². The molecule has 4 nitrogen and oxygen atoms in total. The Morgan fingerprint density at radius 2 is 1.75 bits per heavy atom. The third-order valence-electron chi connectivity index (χ3n) is 4.26. The van der Waals surface area contributed by atoms with E-state index in [1.54, 1.807) is 0 Å². The van der Waals surface area contributed by atoms with Gasteiger partial charge in [0.1, 0.15) is 6.04 Å². The quantitative estimate of drug-likeness (QED) is 0.784. The van der Waals surface area contributed by atoms with Crippen LogP contribution < -0.4 is 0 Å². The van der Waals surface area contributed by atoms with Gasteiger partial charge in [0.25, 0.3) is 0 Å². The lowest BCUT2D eigenvalue weighted by Gasteiger charge is -2.30. The minimum absolute atomic E-state index is 0.382. The summed E-state index contributed by atoms with van der Waals surface area (Å²) in [6.07, 6.45) is 1.33. The number of aliphatic imine (C=N–C) groups is 1. The first-order valence-corrected chi connectivity index (χ1v) is 8.17. The first-order valence-electron chi connectivity index (χ1n) is 8.17. The third-order valence-corrected chi connectivity index (χ3v) is 4.26. The van der Waals surface area contributed by atoms with Gasteiger partial charge in [-0.2, -0.15) is 0 Å². The molecule has 0 radical (unpaired) electrons. The molecule has 0 unspecified atom stereocenters. The van der Waals surface area contributed by atoms with Crippen LogP contribution in [-0.4, -0.2) is 24.6 Å². The molecular weight excluding hydrogens is 302 g/mol. The summed E-state index contributed by atoms with van der Waals surface area (Å²) < 4.78 is 11.3. The van der Waals surface area contributed by atoms with Crippen molar-refractivity contribution in [3.05, 3.63) is 71.8 Å². The van der Waals surface area contributed by atoms with Gasteiger partial charge in [-0.1, -0.05) is 61.9 Å². The molecule has 2 atom stereocenters. The molecule has 0 amide bonds. The molecule has 24 heavy (non-hydrogen) atoms. The average molecular weight is 323 g/mol. The van der Waals surface area contributed by atoms with Crippen molar-refractivity contribution in [2.45, 2.75) is 31.4 Å². The minimum atomic E-state index is -1.12. The zero-order valence-corrected chi connectivity index (χ0v) is 13.9. The molecule has 3 rings (SSSR count). The van der Waals surface area contributed by atoms with Gasteiger partial charge in [-0.25, -0.2) is 9.79 Å². The molecule has 124 valence electrons. The molecule has 1 heterocycles. The van der Waals surface area contributed by atoms with Crippen LogP contribution in [0.25, 0.3) is 0 Å². The van der Waals surface area contributed by atoms with Crippen LogP contribution in [0.5, 0.6) is 0 Å². The van der Waals surface area contributed by atoms with Crippen LogP contribution >= 0.6 is 0 Å². The molecule has 1 aliphatic rings. The third kappa shape index (κ3) is 2.80. The van der Waals surface area contributed by atoms with Crippen molar-refractivity contribution in [3.8, 4) is 0 Å². The van der Waals surface area contributed by atoms with E-state index in [2.05, 4.69) is 0 Å². The first-order chi connectivity index (χ1) is 11.7. The highest BCUT2D eigenvalue weighted by atomic mass is 16.6. The maximum absolute atomic E-state index is 12.7. The Bertz CT molecular complexity index is 727. The number of methoxy groups -OCH3 is 1. The fourth-order valence-electron chi connectivity index (χ4n) is 3.16. The molecule has 0 aromatic heterocycles. The molecule has 0 aliphatic carbocycles. The van der Waals surface area contributed by atoms with Crippen molar-refractivity contribution >= 4 is 11.9 Å². The maximum atomic E-state index is 12.7. The number of hydrogen-bond donors (Lipinski definition) is 0. The molecule has 4 heteroatoms. The Hall–Kier alpha value is -2.62. The van der Waals surface area contributed by atoms with Gasteiger partial charge in [-0.05, 0) is 17.7 Å². The van der Waals surface area contributed by atoms with Gasteiger partial charge in [0.2, 0.25) is 11.5 Å². The highest BCUT2D eigenvalue weighted by Gasteiger charge is 2.54. The molecule has 2 aromatic rings. The Labute approximate surface area is 142 Å². The monoisotopic (exact) mass is 323 g/mol. The fourth-order valence-corrected chi connectivity index (χ4v) is 3.16. The van der Waals surface area contributed by atoms with Gasteiger partial charge in [-0.3, -0.25) is 0 Å². The lowest BCUT2D eigenvalue weighted by molar-refractivity contribution is -0.161. The lowest BCUT2D eigenvalue weighted by atomic mass is 9.85. The normalized spacial score (nSPS) is 22.6. The molecule has 0 bridgehead atoms. The minimum Gasteiger partial charge on any atom is -0.466 e. The van der Waals surface area contributed by atoms with Crippen molar-refractivity contribution in [3.63, 3.8) is 0 Å².